The van der Waals surface area contributed by atoms with Crippen molar-refractivity contribution >= 4 is 22.8 Å². The van der Waals surface area contributed by atoms with Crippen molar-refractivity contribution in [2.75, 3.05) is 6.26 Å². The van der Waals surface area contributed by atoms with E-state index in [1.165, 1.54) is 11.8 Å². The van der Waals surface area contributed by atoms with Gasteiger partial charge in [-0.1, -0.05) is 11.8 Å². The van der Waals surface area contributed by atoms with Crippen molar-refractivity contribution in [3.05, 3.63) is 28.9 Å². The van der Waals surface area contributed by atoms with E-state index >= 15 is 0 Å². The first kappa shape index (κ1) is 15.8. The average molecular weight is 332 g/mol. The molecular formula is C15H20N6OS. The van der Waals surface area contributed by atoms with E-state index in [1.807, 2.05) is 35.7 Å². The molecule has 122 valence electrons. The van der Waals surface area contributed by atoms with Gasteiger partial charge in [-0.2, -0.15) is 5.10 Å². The Morgan fingerprint density at radius 3 is 2.43 bits per heavy atom. The summed E-state index contributed by atoms with van der Waals surface area (Å²) in [5.41, 5.74) is 1.36. The monoisotopic (exact) mass is 332 g/mol. The molecule has 0 fully saturated rings. The van der Waals surface area contributed by atoms with Crippen molar-refractivity contribution in [2.24, 2.45) is 0 Å². The quantitative estimate of drug-likeness (QED) is 0.542. The van der Waals surface area contributed by atoms with Crippen LogP contribution in [-0.2, 0) is 0 Å². The maximum atomic E-state index is 12.7. The molecule has 0 atom stereocenters. The molecule has 0 saturated heterocycles. The summed E-state index contributed by atoms with van der Waals surface area (Å²) in [5, 5.41) is 5.55. The van der Waals surface area contributed by atoms with Crippen LogP contribution in [0.2, 0.25) is 0 Å². The minimum Gasteiger partial charge on any atom is -0.268 e. The third-order valence-electron chi connectivity index (χ3n) is 3.63. The van der Waals surface area contributed by atoms with Crippen LogP contribution in [0.1, 0.15) is 39.8 Å². The predicted molar refractivity (Wildman–Crippen MR) is 91.5 cm³/mol. The van der Waals surface area contributed by atoms with Crippen LogP contribution in [0.3, 0.4) is 0 Å². The van der Waals surface area contributed by atoms with E-state index in [4.69, 9.17) is 0 Å². The van der Waals surface area contributed by atoms with Crippen LogP contribution in [0.15, 0.2) is 28.5 Å². The summed E-state index contributed by atoms with van der Waals surface area (Å²) >= 11 is 1.45. The van der Waals surface area contributed by atoms with E-state index in [9.17, 15) is 4.79 Å². The van der Waals surface area contributed by atoms with Gasteiger partial charge in [-0.15, -0.1) is 0 Å². The lowest BCUT2D eigenvalue weighted by Crippen LogP contribution is -2.24. The molecule has 0 unspecified atom stereocenters. The number of thioether (sulfide) groups is 1. The van der Waals surface area contributed by atoms with E-state index in [0.29, 0.717) is 16.2 Å². The highest BCUT2D eigenvalue weighted by atomic mass is 32.2. The lowest BCUT2D eigenvalue weighted by Gasteiger charge is -2.13. The Morgan fingerprint density at radius 1 is 1.13 bits per heavy atom. The Hall–Kier alpha value is -2.09. The molecule has 7 nitrogen and oxygen atoms in total. The molecule has 3 rings (SSSR count). The van der Waals surface area contributed by atoms with Crippen LogP contribution < -0.4 is 5.56 Å². The van der Waals surface area contributed by atoms with Gasteiger partial charge in [0.05, 0.1) is 12.4 Å². The molecule has 0 N–H and O–H groups in total. The number of fused-ring (bicyclic) bond motifs is 1. The molecule has 23 heavy (non-hydrogen) atoms. The molecular weight excluding hydrogens is 312 g/mol. The molecule has 8 heteroatoms. The molecule has 0 aliphatic heterocycles. The van der Waals surface area contributed by atoms with Crippen LogP contribution in [0, 0.1) is 0 Å². The molecule has 0 aliphatic carbocycles. The summed E-state index contributed by atoms with van der Waals surface area (Å²) in [5.74, 6) is 0. The van der Waals surface area contributed by atoms with Gasteiger partial charge < -0.3 is 0 Å². The van der Waals surface area contributed by atoms with E-state index in [-0.39, 0.29) is 17.6 Å². The Labute approximate surface area is 138 Å². The number of nitrogens with zero attached hydrogens (tertiary/aromatic N) is 6. The molecule has 3 heterocycles. The lowest BCUT2D eigenvalue weighted by atomic mass is 10.4. The zero-order chi connectivity index (χ0) is 16.7. The average Bonchev–Trinajstić information content (AvgIpc) is 3.10. The second-order valence-electron chi connectivity index (χ2n) is 5.92. The maximum absolute atomic E-state index is 12.7. The van der Waals surface area contributed by atoms with Gasteiger partial charge in [0.2, 0.25) is 0 Å². The van der Waals surface area contributed by atoms with Crippen molar-refractivity contribution in [3.8, 4) is 5.69 Å². The molecule has 3 aromatic rings. The molecule has 0 amide bonds. The van der Waals surface area contributed by atoms with E-state index < -0.39 is 0 Å². The largest absolute Gasteiger partial charge is 0.278 e. The van der Waals surface area contributed by atoms with E-state index in [0.717, 1.165) is 5.69 Å². The Bertz CT molecular complexity index is 904. The fourth-order valence-electron chi connectivity index (χ4n) is 2.52. The summed E-state index contributed by atoms with van der Waals surface area (Å²) < 4.78 is 5.41. The summed E-state index contributed by atoms with van der Waals surface area (Å²) in [6.07, 6.45) is 7.22. The van der Waals surface area contributed by atoms with Crippen LogP contribution in [0.25, 0.3) is 16.7 Å². The number of aromatic nitrogens is 6. The second-order valence-corrected chi connectivity index (χ2v) is 6.69. The maximum Gasteiger partial charge on any atom is 0.278 e. The number of hydrogen-bond acceptors (Lipinski definition) is 5. The van der Waals surface area contributed by atoms with Crippen LogP contribution in [0.4, 0.5) is 0 Å². The van der Waals surface area contributed by atoms with E-state index in [1.54, 1.807) is 17.1 Å². The lowest BCUT2D eigenvalue weighted by molar-refractivity contribution is 0.474. The molecule has 0 aliphatic rings. The fraction of sp³-hybridized carbons (Fsp3) is 0.467. The predicted octanol–water partition coefficient (Wildman–Crippen LogP) is 2.66. The van der Waals surface area contributed by atoms with Crippen molar-refractivity contribution in [2.45, 2.75) is 44.9 Å². The topological polar surface area (TPSA) is 70.5 Å². The highest BCUT2D eigenvalue weighted by Crippen LogP contribution is 2.20. The Kier molecular flexibility index (Phi) is 4.01. The molecule has 0 spiro atoms. The van der Waals surface area contributed by atoms with Crippen LogP contribution >= 0.6 is 11.8 Å². The standard InChI is InChI=1S/C15H20N6OS/c1-9(2)19-8-11(6-17-19)21-13-12(7-16-15(18-13)23-5)14(22)20(21)10(3)4/h6-10H,1-5H3. The summed E-state index contributed by atoms with van der Waals surface area (Å²) in [7, 11) is 0. The second kappa shape index (κ2) is 5.84. The summed E-state index contributed by atoms with van der Waals surface area (Å²) in [6.45, 7) is 8.08. The fourth-order valence-corrected chi connectivity index (χ4v) is 2.85. The molecule has 0 saturated carbocycles. The number of rotatable bonds is 4. The summed E-state index contributed by atoms with van der Waals surface area (Å²) in [6, 6.07) is 0.248. The van der Waals surface area contributed by atoms with Gasteiger partial charge in [-0.25, -0.2) is 19.3 Å². The SMILES string of the molecule is CSc1ncc2c(=O)n(C(C)C)n(-c3cnn(C(C)C)c3)c2n1. The van der Waals surface area contributed by atoms with E-state index in [2.05, 4.69) is 28.9 Å². The minimum absolute atomic E-state index is 0.00294. The van der Waals surface area contributed by atoms with Crippen molar-refractivity contribution in [3.63, 3.8) is 0 Å². The van der Waals surface area contributed by atoms with Crippen molar-refractivity contribution in [1.29, 1.82) is 0 Å². The third kappa shape index (κ3) is 2.56. The first-order chi connectivity index (χ1) is 10.9. The molecule has 3 aromatic heterocycles. The van der Waals surface area contributed by atoms with Crippen molar-refractivity contribution < 1.29 is 0 Å². The normalized spacial score (nSPS) is 12.0. The van der Waals surface area contributed by atoms with Gasteiger partial charge in [-0.05, 0) is 34.0 Å². The number of hydrogen-bond donors (Lipinski definition) is 0. The van der Waals surface area contributed by atoms with Gasteiger partial charge >= 0.3 is 0 Å². The van der Waals surface area contributed by atoms with Crippen molar-refractivity contribution in [1.82, 2.24) is 29.1 Å². The van der Waals surface area contributed by atoms with Gasteiger partial charge in [-0.3, -0.25) is 9.48 Å². The zero-order valence-electron chi connectivity index (χ0n) is 13.9. The zero-order valence-corrected chi connectivity index (χ0v) is 14.7. The van der Waals surface area contributed by atoms with Gasteiger partial charge in [0.25, 0.3) is 5.56 Å². The van der Waals surface area contributed by atoms with Gasteiger partial charge in [0, 0.05) is 18.3 Å². The van der Waals surface area contributed by atoms with Crippen LogP contribution in [0.5, 0.6) is 0 Å². The molecule has 0 aromatic carbocycles. The highest BCUT2D eigenvalue weighted by molar-refractivity contribution is 7.98. The molecule has 0 radical (unpaired) electrons. The first-order valence-corrected chi connectivity index (χ1v) is 8.75. The first-order valence-electron chi connectivity index (χ1n) is 7.52. The minimum atomic E-state index is -0.0834. The summed E-state index contributed by atoms with van der Waals surface area (Å²) in [4.78, 5) is 21.5. The van der Waals surface area contributed by atoms with Crippen LogP contribution in [-0.4, -0.2) is 35.4 Å². The highest BCUT2D eigenvalue weighted by Gasteiger charge is 2.20. The third-order valence-corrected chi connectivity index (χ3v) is 4.20. The Morgan fingerprint density at radius 2 is 1.87 bits per heavy atom. The Balaban J connectivity index is 2.35. The van der Waals surface area contributed by atoms with Gasteiger partial charge in [0.15, 0.2) is 10.8 Å². The molecule has 0 bridgehead atoms. The smallest absolute Gasteiger partial charge is 0.268 e. The van der Waals surface area contributed by atoms with Gasteiger partial charge in [0.1, 0.15) is 11.1 Å².